The third-order valence-corrected chi connectivity index (χ3v) is 7.11. The van der Waals surface area contributed by atoms with E-state index in [2.05, 4.69) is 12.1 Å². The molecule has 5 nitrogen and oxygen atoms in total. The van der Waals surface area contributed by atoms with Crippen molar-refractivity contribution in [3.63, 3.8) is 0 Å². The van der Waals surface area contributed by atoms with Gasteiger partial charge in [-0.15, -0.1) is 0 Å². The van der Waals surface area contributed by atoms with Gasteiger partial charge in [-0.1, -0.05) is 84.6 Å². The quantitative estimate of drug-likeness (QED) is 0.232. The fraction of sp³-hybridized carbons (Fsp3) is 0.107. The maximum absolute atomic E-state index is 13.3. The van der Waals surface area contributed by atoms with Crippen LogP contribution in [0.3, 0.4) is 0 Å². The number of thiocarbonyl (C=S) groups is 1. The number of carbonyl (C=O) groups excluding carboxylic acids is 1. The Morgan fingerprint density at radius 3 is 2.49 bits per heavy atom. The van der Waals surface area contributed by atoms with Crippen molar-refractivity contribution < 1.29 is 9.53 Å². The van der Waals surface area contributed by atoms with Crippen LogP contribution >= 0.6 is 24.0 Å². The number of hydrogen-bond acceptors (Lipinski definition) is 5. The first-order valence-electron chi connectivity index (χ1n) is 11.2. The normalized spacial score (nSPS) is 14.7. The number of carbonyl (C=O) groups is 1. The number of rotatable bonds is 7. The molecule has 2 heterocycles. The van der Waals surface area contributed by atoms with Crippen molar-refractivity contribution in [2.75, 3.05) is 13.7 Å². The van der Waals surface area contributed by atoms with E-state index in [9.17, 15) is 4.79 Å². The zero-order valence-electron chi connectivity index (χ0n) is 19.1. The summed E-state index contributed by atoms with van der Waals surface area (Å²) in [4.78, 5) is 15.6. The van der Waals surface area contributed by atoms with Gasteiger partial charge in [0.05, 0.1) is 17.7 Å². The molecule has 3 aromatic carbocycles. The topological polar surface area (TPSA) is 47.4 Å². The van der Waals surface area contributed by atoms with Crippen LogP contribution in [0.4, 0.5) is 0 Å². The average Bonchev–Trinajstić information content (AvgIpc) is 3.44. The first-order valence-corrected chi connectivity index (χ1v) is 12.4. The molecule has 0 unspecified atom stereocenters. The Balaban J connectivity index is 1.48. The van der Waals surface area contributed by atoms with Gasteiger partial charge < -0.3 is 4.74 Å². The summed E-state index contributed by atoms with van der Waals surface area (Å²) < 4.78 is 7.83. The molecule has 0 N–H and O–H groups in total. The second-order valence-corrected chi connectivity index (χ2v) is 9.69. The molecule has 5 rings (SSSR count). The van der Waals surface area contributed by atoms with E-state index in [0.717, 1.165) is 34.7 Å². The smallest absolute Gasteiger partial charge is 0.266 e. The lowest BCUT2D eigenvalue weighted by atomic mass is 10.1. The predicted octanol–water partition coefficient (Wildman–Crippen LogP) is 5.99. The number of amides is 1. The second-order valence-electron chi connectivity index (χ2n) is 8.01. The molecule has 0 aliphatic carbocycles. The van der Waals surface area contributed by atoms with Crippen molar-refractivity contribution in [1.29, 1.82) is 0 Å². The molecular weight excluding hydrogens is 474 g/mol. The highest BCUT2D eigenvalue weighted by Gasteiger charge is 2.32. The molecule has 174 valence electrons. The van der Waals surface area contributed by atoms with Gasteiger partial charge in [0.2, 0.25) is 0 Å². The molecule has 1 aliphatic rings. The van der Waals surface area contributed by atoms with E-state index < -0.39 is 0 Å². The van der Waals surface area contributed by atoms with Crippen LogP contribution in [0, 0.1) is 0 Å². The Kier molecular flexibility index (Phi) is 6.79. The van der Waals surface area contributed by atoms with Crippen molar-refractivity contribution in [3.05, 3.63) is 107 Å². The van der Waals surface area contributed by atoms with Crippen LogP contribution in [0.2, 0.25) is 0 Å². The lowest BCUT2D eigenvalue weighted by molar-refractivity contribution is -0.122. The number of ether oxygens (including phenoxy) is 1. The Morgan fingerprint density at radius 1 is 1.00 bits per heavy atom. The molecule has 7 heteroatoms. The first-order chi connectivity index (χ1) is 17.1. The monoisotopic (exact) mass is 497 g/mol. The lowest BCUT2D eigenvalue weighted by Crippen LogP contribution is -2.30. The summed E-state index contributed by atoms with van der Waals surface area (Å²) >= 11 is 6.89. The van der Waals surface area contributed by atoms with Crippen LogP contribution < -0.4 is 4.74 Å². The van der Waals surface area contributed by atoms with Crippen molar-refractivity contribution in [1.82, 2.24) is 14.7 Å². The standard InChI is InChI=1S/C28H23N3O2S2/c1-33-24-14-8-11-21(17-24)26-22(19-31(29-26)23-12-6-3-7-13-23)18-25-27(32)30(28(34)35-25)16-15-20-9-4-2-5-10-20/h2-14,17-19H,15-16H2,1H3. The molecule has 0 radical (unpaired) electrons. The maximum Gasteiger partial charge on any atom is 0.266 e. The summed E-state index contributed by atoms with van der Waals surface area (Å²) in [5.41, 5.74) is 4.62. The minimum atomic E-state index is -0.0695. The first kappa shape index (κ1) is 23.1. The summed E-state index contributed by atoms with van der Waals surface area (Å²) in [6.45, 7) is 0.554. The molecular formula is C28H23N3O2S2. The summed E-state index contributed by atoms with van der Waals surface area (Å²) in [5, 5.41) is 4.86. The van der Waals surface area contributed by atoms with E-state index in [0.29, 0.717) is 15.8 Å². The fourth-order valence-corrected chi connectivity index (χ4v) is 5.22. The molecule has 0 atom stereocenters. The molecule has 0 spiro atoms. The van der Waals surface area contributed by atoms with Crippen LogP contribution in [0.15, 0.2) is 96.0 Å². The molecule has 0 saturated carbocycles. The van der Waals surface area contributed by atoms with E-state index in [1.54, 1.807) is 12.0 Å². The van der Waals surface area contributed by atoms with Gasteiger partial charge in [-0.05, 0) is 42.3 Å². The molecule has 1 aromatic heterocycles. The van der Waals surface area contributed by atoms with Gasteiger partial charge >= 0.3 is 0 Å². The summed E-state index contributed by atoms with van der Waals surface area (Å²) in [7, 11) is 1.64. The second kappa shape index (κ2) is 10.3. The van der Waals surface area contributed by atoms with E-state index in [1.807, 2.05) is 89.8 Å². The number of para-hydroxylation sites is 1. The van der Waals surface area contributed by atoms with E-state index in [4.69, 9.17) is 22.1 Å². The Hall–Kier alpha value is -3.68. The number of nitrogens with zero attached hydrogens (tertiary/aromatic N) is 3. The minimum absolute atomic E-state index is 0.0695. The number of methoxy groups -OCH3 is 1. The van der Waals surface area contributed by atoms with Crippen molar-refractivity contribution in [2.45, 2.75) is 6.42 Å². The predicted molar refractivity (Wildman–Crippen MR) is 146 cm³/mol. The Bertz CT molecular complexity index is 1400. The van der Waals surface area contributed by atoms with Gasteiger partial charge in [0.1, 0.15) is 15.8 Å². The molecule has 0 bridgehead atoms. The molecule has 4 aromatic rings. The fourth-order valence-electron chi connectivity index (χ4n) is 3.92. The van der Waals surface area contributed by atoms with Gasteiger partial charge in [-0.2, -0.15) is 5.10 Å². The third kappa shape index (κ3) is 5.06. The van der Waals surface area contributed by atoms with Crippen molar-refractivity contribution in [3.8, 4) is 22.7 Å². The van der Waals surface area contributed by atoms with Gasteiger partial charge in [0, 0.05) is 23.9 Å². The zero-order chi connectivity index (χ0) is 24.2. The van der Waals surface area contributed by atoms with Crippen LogP contribution in [0.5, 0.6) is 5.75 Å². The highest BCUT2D eigenvalue weighted by molar-refractivity contribution is 8.26. The highest BCUT2D eigenvalue weighted by atomic mass is 32.2. The molecule has 35 heavy (non-hydrogen) atoms. The van der Waals surface area contributed by atoms with Crippen LogP contribution in [0.1, 0.15) is 11.1 Å². The Morgan fingerprint density at radius 2 is 1.74 bits per heavy atom. The largest absolute Gasteiger partial charge is 0.497 e. The lowest BCUT2D eigenvalue weighted by Gasteiger charge is -2.14. The third-order valence-electron chi connectivity index (χ3n) is 5.73. The zero-order valence-corrected chi connectivity index (χ0v) is 20.8. The summed E-state index contributed by atoms with van der Waals surface area (Å²) in [6.07, 6.45) is 4.59. The number of thioether (sulfide) groups is 1. The van der Waals surface area contributed by atoms with Gasteiger partial charge in [0.15, 0.2) is 0 Å². The maximum atomic E-state index is 13.3. The van der Waals surface area contributed by atoms with Crippen molar-refractivity contribution >= 4 is 40.3 Å². The molecule has 1 aliphatic heterocycles. The van der Waals surface area contributed by atoms with Gasteiger partial charge in [0.25, 0.3) is 5.91 Å². The number of benzene rings is 3. The van der Waals surface area contributed by atoms with Crippen LogP contribution in [-0.4, -0.2) is 38.6 Å². The van der Waals surface area contributed by atoms with E-state index in [-0.39, 0.29) is 5.91 Å². The summed E-state index contributed by atoms with van der Waals surface area (Å²) in [6, 6.07) is 27.8. The highest BCUT2D eigenvalue weighted by Crippen LogP contribution is 2.35. The number of aromatic nitrogens is 2. The summed E-state index contributed by atoms with van der Waals surface area (Å²) in [5.74, 6) is 0.676. The van der Waals surface area contributed by atoms with Crippen LogP contribution in [-0.2, 0) is 11.2 Å². The number of hydrogen-bond donors (Lipinski definition) is 0. The molecule has 1 saturated heterocycles. The van der Waals surface area contributed by atoms with Crippen LogP contribution in [0.25, 0.3) is 23.0 Å². The minimum Gasteiger partial charge on any atom is -0.497 e. The van der Waals surface area contributed by atoms with Crippen molar-refractivity contribution in [2.24, 2.45) is 0 Å². The van der Waals surface area contributed by atoms with Gasteiger partial charge in [-0.3, -0.25) is 9.69 Å². The van der Waals surface area contributed by atoms with Gasteiger partial charge in [-0.25, -0.2) is 4.68 Å². The average molecular weight is 498 g/mol. The van der Waals surface area contributed by atoms with E-state index >= 15 is 0 Å². The molecule has 1 amide bonds. The molecule has 1 fully saturated rings. The van der Waals surface area contributed by atoms with E-state index in [1.165, 1.54) is 17.3 Å². The Labute approximate surface area is 214 Å². The SMILES string of the molecule is COc1cccc(-c2nn(-c3ccccc3)cc2C=C2SC(=S)N(CCc3ccccc3)C2=O)c1.